The molecule has 1 amide bonds. The van der Waals surface area contributed by atoms with Gasteiger partial charge in [-0.1, -0.05) is 0 Å². The van der Waals surface area contributed by atoms with Crippen LogP contribution in [0.4, 0.5) is 0 Å². The normalized spacial score (nSPS) is 23.7. The highest BCUT2D eigenvalue weighted by molar-refractivity contribution is 7.91. The van der Waals surface area contributed by atoms with Crippen LogP contribution in [0.1, 0.15) is 63.5 Å². The smallest absolute Gasteiger partial charge is 0.399 e. The highest BCUT2D eigenvalue weighted by Gasteiger charge is 2.52. The Morgan fingerprint density at radius 3 is 2.29 bits per heavy atom. The summed E-state index contributed by atoms with van der Waals surface area (Å²) in [5.74, 6) is -0.126. The van der Waals surface area contributed by atoms with Gasteiger partial charge in [0.05, 0.1) is 28.2 Å². The van der Waals surface area contributed by atoms with E-state index in [2.05, 4.69) is 10.4 Å². The SMILES string of the molecule is Cc1c(B2OC(C)(C)C(C)(C)O2)ccn2nc(C(=O)NC3(C)CCS(=O)(=O)CC3)cc12. The molecule has 2 fully saturated rings. The largest absolute Gasteiger partial charge is 0.495 e. The number of amides is 1. The zero-order chi connectivity index (χ0) is 22.8. The second-order valence-electron chi connectivity index (χ2n) is 10.0. The Labute approximate surface area is 183 Å². The molecule has 168 valence electrons. The van der Waals surface area contributed by atoms with Crippen molar-refractivity contribution in [2.24, 2.45) is 0 Å². The maximum atomic E-state index is 12.9. The topological polar surface area (TPSA) is 99.0 Å². The molecule has 10 heteroatoms. The van der Waals surface area contributed by atoms with Crippen molar-refractivity contribution in [1.82, 2.24) is 14.9 Å². The highest BCUT2D eigenvalue weighted by Crippen LogP contribution is 2.36. The molecule has 0 aromatic carbocycles. The average molecular weight is 447 g/mol. The quantitative estimate of drug-likeness (QED) is 0.719. The molecule has 0 aliphatic carbocycles. The first-order valence-corrected chi connectivity index (χ1v) is 12.4. The predicted octanol–water partition coefficient (Wildman–Crippen LogP) is 1.64. The minimum atomic E-state index is -3.00. The van der Waals surface area contributed by atoms with Gasteiger partial charge in [-0.25, -0.2) is 12.9 Å². The lowest BCUT2D eigenvalue weighted by atomic mass is 9.76. The summed E-state index contributed by atoms with van der Waals surface area (Å²) in [6, 6.07) is 3.66. The first-order valence-electron chi connectivity index (χ1n) is 10.6. The summed E-state index contributed by atoms with van der Waals surface area (Å²) in [4.78, 5) is 12.9. The Kier molecular flexibility index (Phi) is 5.07. The Hall–Kier alpha value is -1.91. The van der Waals surface area contributed by atoms with Crippen LogP contribution in [0.15, 0.2) is 18.3 Å². The molecule has 2 aliphatic heterocycles. The number of pyridine rings is 1. The van der Waals surface area contributed by atoms with E-state index in [0.717, 1.165) is 16.5 Å². The Morgan fingerprint density at radius 1 is 1.13 bits per heavy atom. The number of aryl methyl sites for hydroxylation is 1. The van der Waals surface area contributed by atoms with Gasteiger partial charge in [-0.3, -0.25) is 4.79 Å². The van der Waals surface area contributed by atoms with Crippen LogP contribution in [0.5, 0.6) is 0 Å². The summed E-state index contributed by atoms with van der Waals surface area (Å²) in [5.41, 5.74) is 1.50. The van der Waals surface area contributed by atoms with Crippen LogP contribution in [-0.2, 0) is 19.1 Å². The number of nitrogens with zero attached hydrogens (tertiary/aromatic N) is 2. The van der Waals surface area contributed by atoms with E-state index in [1.165, 1.54) is 0 Å². The van der Waals surface area contributed by atoms with E-state index in [4.69, 9.17) is 9.31 Å². The Bertz CT molecular complexity index is 1130. The van der Waals surface area contributed by atoms with Crippen LogP contribution in [0.2, 0.25) is 0 Å². The van der Waals surface area contributed by atoms with Crippen molar-refractivity contribution in [3.05, 3.63) is 29.6 Å². The second kappa shape index (κ2) is 7.05. The molecule has 31 heavy (non-hydrogen) atoms. The Balaban J connectivity index is 1.58. The number of nitrogens with one attached hydrogen (secondary N) is 1. The van der Waals surface area contributed by atoms with Gasteiger partial charge in [0.2, 0.25) is 0 Å². The summed E-state index contributed by atoms with van der Waals surface area (Å²) in [6.45, 7) is 11.9. The fourth-order valence-electron chi connectivity index (χ4n) is 4.00. The number of aromatic nitrogens is 2. The Morgan fingerprint density at radius 2 is 1.71 bits per heavy atom. The molecule has 0 saturated carbocycles. The monoisotopic (exact) mass is 447 g/mol. The molecule has 4 rings (SSSR count). The molecule has 2 aliphatic rings. The number of carbonyl (C=O) groups is 1. The maximum absolute atomic E-state index is 12.9. The zero-order valence-electron chi connectivity index (χ0n) is 19.0. The zero-order valence-corrected chi connectivity index (χ0v) is 19.8. The molecule has 0 atom stereocenters. The van der Waals surface area contributed by atoms with Gasteiger partial charge in [0.25, 0.3) is 5.91 Å². The van der Waals surface area contributed by atoms with E-state index in [-0.39, 0.29) is 17.4 Å². The molecular formula is C21H30BN3O5S. The summed E-state index contributed by atoms with van der Waals surface area (Å²) in [7, 11) is -3.50. The molecule has 4 heterocycles. The van der Waals surface area contributed by atoms with Crippen molar-refractivity contribution in [1.29, 1.82) is 0 Å². The standard InChI is InChI=1S/C21H30BN3O5S/c1-14-15(22-29-19(2,3)20(4,5)30-22)7-10-25-17(14)13-16(24-25)18(26)23-21(6)8-11-31(27,28)12-9-21/h7,10,13H,8-9,11-12H2,1-6H3,(H,23,26). The summed E-state index contributed by atoms with van der Waals surface area (Å²) < 4.78 is 37.5. The fourth-order valence-corrected chi connectivity index (χ4v) is 5.73. The van der Waals surface area contributed by atoms with Crippen molar-refractivity contribution in [2.45, 2.75) is 71.1 Å². The lowest BCUT2D eigenvalue weighted by Gasteiger charge is -2.34. The molecule has 0 unspecified atom stereocenters. The van der Waals surface area contributed by atoms with Gasteiger partial charge in [-0.05, 0) is 77.5 Å². The molecular weight excluding hydrogens is 417 g/mol. The van der Waals surface area contributed by atoms with E-state index in [1.54, 1.807) is 16.8 Å². The number of carbonyl (C=O) groups excluding carboxylic acids is 1. The van der Waals surface area contributed by atoms with Gasteiger partial charge in [-0.15, -0.1) is 0 Å². The number of rotatable bonds is 3. The average Bonchev–Trinajstić information content (AvgIpc) is 3.17. The van der Waals surface area contributed by atoms with Crippen LogP contribution >= 0.6 is 0 Å². The van der Waals surface area contributed by atoms with Crippen LogP contribution in [0.25, 0.3) is 5.52 Å². The third-order valence-electron chi connectivity index (χ3n) is 7.03. The van der Waals surface area contributed by atoms with Crippen molar-refractivity contribution in [3.63, 3.8) is 0 Å². The number of hydrogen-bond acceptors (Lipinski definition) is 6. The van der Waals surface area contributed by atoms with Crippen LogP contribution in [-0.4, -0.2) is 59.3 Å². The van der Waals surface area contributed by atoms with E-state index in [9.17, 15) is 13.2 Å². The highest BCUT2D eigenvalue weighted by atomic mass is 32.2. The predicted molar refractivity (Wildman–Crippen MR) is 119 cm³/mol. The minimum Gasteiger partial charge on any atom is -0.399 e. The number of sulfone groups is 1. The van der Waals surface area contributed by atoms with Crippen LogP contribution < -0.4 is 10.8 Å². The molecule has 1 N–H and O–H groups in total. The number of fused-ring (bicyclic) bond motifs is 1. The lowest BCUT2D eigenvalue weighted by molar-refractivity contribution is 0.00578. The first-order chi connectivity index (χ1) is 14.2. The van der Waals surface area contributed by atoms with Gasteiger partial charge >= 0.3 is 7.12 Å². The van der Waals surface area contributed by atoms with Crippen molar-refractivity contribution in [3.8, 4) is 0 Å². The molecule has 0 bridgehead atoms. The van der Waals surface area contributed by atoms with Gasteiger partial charge < -0.3 is 14.6 Å². The molecule has 8 nitrogen and oxygen atoms in total. The van der Waals surface area contributed by atoms with Crippen LogP contribution in [0.3, 0.4) is 0 Å². The summed E-state index contributed by atoms with van der Waals surface area (Å²) in [5, 5.41) is 7.42. The van der Waals surface area contributed by atoms with Gasteiger partial charge in [0, 0.05) is 11.7 Å². The van der Waals surface area contributed by atoms with E-state index in [1.807, 2.05) is 47.6 Å². The lowest BCUT2D eigenvalue weighted by Crippen LogP contribution is -2.51. The van der Waals surface area contributed by atoms with Gasteiger partial charge in [0.1, 0.15) is 9.84 Å². The number of hydrogen-bond donors (Lipinski definition) is 1. The molecule has 0 radical (unpaired) electrons. The summed E-state index contributed by atoms with van der Waals surface area (Å²) >= 11 is 0. The molecule has 2 aromatic heterocycles. The van der Waals surface area contributed by atoms with E-state index in [0.29, 0.717) is 18.5 Å². The van der Waals surface area contributed by atoms with Crippen molar-refractivity contribution in [2.75, 3.05) is 11.5 Å². The first kappa shape index (κ1) is 22.3. The molecule has 2 aromatic rings. The summed E-state index contributed by atoms with van der Waals surface area (Å²) in [6.07, 6.45) is 2.60. The van der Waals surface area contributed by atoms with E-state index < -0.39 is 33.7 Å². The minimum absolute atomic E-state index is 0.0888. The third kappa shape index (κ3) is 4.01. The molecule has 0 spiro atoms. The second-order valence-corrected chi connectivity index (χ2v) is 12.3. The van der Waals surface area contributed by atoms with Gasteiger partial charge in [0.15, 0.2) is 5.69 Å². The van der Waals surface area contributed by atoms with Crippen LogP contribution in [0, 0.1) is 6.92 Å². The van der Waals surface area contributed by atoms with E-state index >= 15 is 0 Å². The van der Waals surface area contributed by atoms with Crippen molar-refractivity contribution >= 4 is 33.8 Å². The fraction of sp³-hybridized carbons (Fsp3) is 0.619. The van der Waals surface area contributed by atoms with Gasteiger partial charge in [-0.2, -0.15) is 5.10 Å². The third-order valence-corrected chi connectivity index (χ3v) is 8.69. The molecule has 2 saturated heterocycles. The van der Waals surface area contributed by atoms with Crippen molar-refractivity contribution < 1.29 is 22.5 Å². The maximum Gasteiger partial charge on any atom is 0.495 e.